The molecular weight excluding hydrogens is 244 g/mol. The van der Waals surface area contributed by atoms with E-state index in [4.69, 9.17) is 0 Å². The lowest BCUT2D eigenvalue weighted by Crippen LogP contribution is -2.05. The van der Waals surface area contributed by atoms with Gasteiger partial charge in [0, 0.05) is 31.0 Å². The molecule has 1 rings (SSSR count). The van der Waals surface area contributed by atoms with E-state index in [2.05, 4.69) is 10.3 Å². The molecule has 0 bridgehead atoms. The Morgan fingerprint density at radius 3 is 2.88 bits per heavy atom. The molecule has 0 spiro atoms. The molecule has 0 aliphatic rings. The van der Waals surface area contributed by atoms with E-state index in [1.807, 2.05) is 19.2 Å². The highest BCUT2D eigenvalue weighted by Gasteiger charge is 2.02. The molecule has 1 N–H and O–H groups in total. The molecule has 4 nitrogen and oxygen atoms in total. The van der Waals surface area contributed by atoms with E-state index in [1.165, 1.54) is 6.26 Å². The number of nitrogens with one attached hydrogen (secondary N) is 1. The van der Waals surface area contributed by atoms with Crippen LogP contribution in [-0.4, -0.2) is 38.2 Å². The average Bonchev–Trinajstić information content (AvgIpc) is 2.23. The van der Waals surface area contributed by atoms with Gasteiger partial charge in [-0.05, 0) is 17.7 Å². The van der Waals surface area contributed by atoms with Crippen molar-refractivity contribution in [1.82, 2.24) is 4.98 Å². The third-order valence-electron chi connectivity index (χ3n) is 1.95. The molecule has 0 atom stereocenters. The second kappa shape index (κ2) is 6.10. The quantitative estimate of drug-likeness (QED) is 0.784. The standard InChI is InChI=1S/C10H16N2O2S2/c1-11-10-7-9(3-4-12-10)8-15-5-6-16(2,13)14/h3-4,7H,5-6,8H2,1-2H3,(H,11,12). The minimum atomic E-state index is -2.84. The van der Waals surface area contributed by atoms with Crippen LogP contribution in [0.3, 0.4) is 0 Å². The Bertz CT molecular complexity index is 432. The first-order valence-corrected chi connectivity index (χ1v) is 8.11. The summed E-state index contributed by atoms with van der Waals surface area (Å²) in [5, 5.41) is 2.97. The number of pyridine rings is 1. The maximum absolute atomic E-state index is 10.9. The second-order valence-electron chi connectivity index (χ2n) is 3.48. The molecule has 1 aromatic rings. The lowest BCUT2D eigenvalue weighted by atomic mass is 10.3. The van der Waals surface area contributed by atoms with E-state index in [1.54, 1.807) is 18.0 Å². The van der Waals surface area contributed by atoms with Crippen LogP contribution in [0, 0.1) is 0 Å². The van der Waals surface area contributed by atoms with Crippen LogP contribution in [-0.2, 0) is 15.6 Å². The summed E-state index contributed by atoms with van der Waals surface area (Å²) in [4.78, 5) is 4.11. The number of nitrogens with zero attached hydrogens (tertiary/aromatic N) is 1. The van der Waals surface area contributed by atoms with Crippen molar-refractivity contribution in [3.05, 3.63) is 23.9 Å². The zero-order valence-corrected chi connectivity index (χ0v) is 11.1. The zero-order chi connectivity index (χ0) is 12.0. The first kappa shape index (κ1) is 13.3. The summed E-state index contributed by atoms with van der Waals surface area (Å²) in [5.41, 5.74) is 1.15. The van der Waals surface area contributed by atoms with Crippen LogP contribution in [0.25, 0.3) is 0 Å². The van der Waals surface area contributed by atoms with Crippen molar-refractivity contribution >= 4 is 27.4 Å². The summed E-state index contributed by atoms with van der Waals surface area (Å²) in [6.45, 7) is 0. The van der Waals surface area contributed by atoms with Gasteiger partial charge < -0.3 is 5.32 Å². The molecule has 16 heavy (non-hydrogen) atoms. The van der Waals surface area contributed by atoms with Crippen LogP contribution < -0.4 is 5.32 Å². The Kier molecular flexibility index (Phi) is 5.08. The number of hydrogen-bond acceptors (Lipinski definition) is 5. The molecule has 0 radical (unpaired) electrons. The highest BCUT2D eigenvalue weighted by Crippen LogP contribution is 2.14. The largest absolute Gasteiger partial charge is 0.373 e. The number of aromatic nitrogens is 1. The molecule has 0 saturated heterocycles. The molecule has 1 heterocycles. The van der Waals surface area contributed by atoms with Gasteiger partial charge in [-0.1, -0.05) is 0 Å². The molecule has 1 aromatic heterocycles. The van der Waals surface area contributed by atoms with Crippen LogP contribution in [0.4, 0.5) is 5.82 Å². The van der Waals surface area contributed by atoms with E-state index in [9.17, 15) is 8.42 Å². The van der Waals surface area contributed by atoms with E-state index >= 15 is 0 Å². The fourth-order valence-electron chi connectivity index (χ4n) is 1.10. The van der Waals surface area contributed by atoms with Gasteiger partial charge in [-0.15, -0.1) is 0 Å². The Balaban J connectivity index is 2.37. The summed E-state index contributed by atoms with van der Waals surface area (Å²) in [5.74, 6) is 2.52. The van der Waals surface area contributed by atoms with Crippen LogP contribution >= 0.6 is 11.8 Å². The maximum atomic E-state index is 10.9. The smallest absolute Gasteiger partial charge is 0.148 e. The number of hydrogen-bond donors (Lipinski definition) is 1. The zero-order valence-electron chi connectivity index (χ0n) is 9.43. The third kappa shape index (κ3) is 5.37. The van der Waals surface area contributed by atoms with Gasteiger partial charge in [0.1, 0.15) is 15.7 Å². The molecule has 0 fully saturated rings. The summed E-state index contributed by atoms with van der Waals surface area (Å²) < 4.78 is 21.8. The van der Waals surface area contributed by atoms with Gasteiger partial charge in [-0.3, -0.25) is 0 Å². The number of sulfone groups is 1. The van der Waals surface area contributed by atoms with Crippen molar-refractivity contribution in [2.75, 3.05) is 30.1 Å². The predicted molar refractivity (Wildman–Crippen MR) is 69.7 cm³/mol. The molecule has 0 saturated carbocycles. The van der Waals surface area contributed by atoms with Crippen LogP contribution in [0.5, 0.6) is 0 Å². The molecule has 6 heteroatoms. The van der Waals surface area contributed by atoms with Gasteiger partial charge in [0.05, 0.1) is 5.75 Å². The highest BCUT2D eigenvalue weighted by molar-refractivity contribution is 7.99. The third-order valence-corrected chi connectivity index (χ3v) is 4.18. The van der Waals surface area contributed by atoms with Crippen molar-refractivity contribution < 1.29 is 8.42 Å². The highest BCUT2D eigenvalue weighted by atomic mass is 32.2. The van der Waals surface area contributed by atoms with E-state index < -0.39 is 9.84 Å². The Hall–Kier alpha value is -0.750. The van der Waals surface area contributed by atoms with Crippen molar-refractivity contribution in [1.29, 1.82) is 0 Å². The summed E-state index contributed by atoms with van der Waals surface area (Å²) >= 11 is 1.62. The number of thioether (sulfide) groups is 1. The van der Waals surface area contributed by atoms with Crippen molar-refractivity contribution in [3.63, 3.8) is 0 Å². The molecule has 0 aromatic carbocycles. The second-order valence-corrected chi connectivity index (χ2v) is 6.85. The van der Waals surface area contributed by atoms with E-state index in [0.29, 0.717) is 5.75 Å². The lowest BCUT2D eigenvalue weighted by molar-refractivity contribution is 0.603. The lowest BCUT2D eigenvalue weighted by Gasteiger charge is -2.03. The van der Waals surface area contributed by atoms with Gasteiger partial charge in [0.15, 0.2) is 0 Å². The summed E-state index contributed by atoms with van der Waals surface area (Å²) in [6, 6.07) is 3.90. The topological polar surface area (TPSA) is 59.1 Å². The first-order valence-electron chi connectivity index (χ1n) is 4.89. The molecule has 90 valence electrons. The Morgan fingerprint density at radius 2 is 2.25 bits per heavy atom. The monoisotopic (exact) mass is 260 g/mol. The van der Waals surface area contributed by atoms with Crippen LogP contribution in [0.15, 0.2) is 18.3 Å². The SMILES string of the molecule is CNc1cc(CSCCS(C)(=O)=O)ccn1. The summed E-state index contributed by atoms with van der Waals surface area (Å²) in [6.07, 6.45) is 3.01. The number of anilines is 1. The van der Waals surface area contributed by atoms with Crippen molar-refractivity contribution in [3.8, 4) is 0 Å². The van der Waals surface area contributed by atoms with Gasteiger partial charge in [-0.2, -0.15) is 11.8 Å². The molecule has 0 unspecified atom stereocenters. The molecule has 0 aliphatic carbocycles. The minimum Gasteiger partial charge on any atom is -0.373 e. The Labute approximate surface area is 101 Å². The van der Waals surface area contributed by atoms with E-state index in [0.717, 1.165) is 17.1 Å². The van der Waals surface area contributed by atoms with E-state index in [-0.39, 0.29) is 5.75 Å². The van der Waals surface area contributed by atoms with Crippen molar-refractivity contribution in [2.45, 2.75) is 5.75 Å². The van der Waals surface area contributed by atoms with Gasteiger partial charge in [-0.25, -0.2) is 13.4 Å². The Morgan fingerprint density at radius 1 is 1.50 bits per heavy atom. The fraction of sp³-hybridized carbons (Fsp3) is 0.500. The molecule has 0 aliphatic heterocycles. The predicted octanol–water partition coefficient (Wildman–Crippen LogP) is 1.40. The normalized spacial score (nSPS) is 11.4. The number of rotatable bonds is 6. The fourth-order valence-corrected chi connectivity index (χ4v) is 3.34. The first-order chi connectivity index (χ1) is 7.51. The summed E-state index contributed by atoms with van der Waals surface area (Å²) in [7, 11) is -1.01. The van der Waals surface area contributed by atoms with Gasteiger partial charge in [0.2, 0.25) is 0 Å². The molecule has 0 amide bonds. The molecular formula is C10H16N2O2S2. The van der Waals surface area contributed by atoms with Gasteiger partial charge in [0.25, 0.3) is 0 Å². The van der Waals surface area contributed by atoms with Crippen LogP contribution in [0.1, 0.15) is 5.56 Å². The van der Waals surface area contributed by atoms with Gasteiger partial charge >= 0.3 is 0 Å². The average molecular weight is 260 g/mol. The minimum absolute atomic E-state index is 0.238. The maximum Gasteiger partial charge on any atom is 0.148 e. The van der Waals surface area contributed by atoms with Crippen LogP contribution in [0.2, 0.25) is 0 Å². The van der Waals surface area contributed by atoms with Crippen molar-refractivity contribution in [2.24, 2.45) is 0 Å².